The first-order valence-corrected chi connectivity index (χ1v) is 12.6. The minimum absolute atomic E-state index is 0.129. The van der Waals surface area contributed by atoms with E-state index in [-0.39, 0.29) is 17.1 Å². The van der Waals surface area contributed by atoms with Crippen LogP contribution in [-0.4, -0.2) is 55.7 Å². The van der Waals surface area contributed by atoms with Crippen LogP contribution in [0.25, 0.3) is 0 Å². The first kappa shape index (κ1) is 22.2. The van der Waals surface area contributed by atoms with Gasteiger partial charge in [-0.2, -0.15) is 4.31 Å². The predicted molar refractivity (Wildman–Crippen MR) is 120 cm³/mol. The summed E-state index contributed by atoms with van der Waals surface area (Å²) >= 11 is 0. The summed E-state index contributed by atoms with van der Waals surface area (Å²) in [4.78, 5) is 19.5. The Morgan fingerprint density at radius 3 is 2.42 bits per heavy atom. The van der Waals surface area contributed by atoms with Gasteiger partial charge in [0.15, 0.2) is 0 Å². The number of aromatic nitrogens is 1. The van der Waals surface area contributed by atoms with E-state index in [1.54, 1.807) is 24.4 Å². The van der Waals surface area contributed by atoms with E-state index < -0.39 is 34.8 Å². The van der Waals surface area contributed by atoms with Crippen molar-refractivity contribution in [2.24, 2.45) is 5.41 Å². The molecular formula is C23H26F2N4O3S. The number of sulfonamides is 1. The number of pyridine rings is 1. The van der Waals surface area contributed by atoms with Crippen molar-refractivity contribution in [3.8, 4) is 0 Å². The monoisotopic (exact) mass is 476 g/mol. The zero-order chi connectivity index (χ0) is 23.3. The quantitative estimate of drug-likeness (QED) is 0.711. The Morgan fingerprint density at radius 1 is 1.00 bits per heavy atom. The number of piperidine rings is 1. The summed E-state index contributed by atoms with van der Waals surface area (Å²) in [5, 5.41) is 2.75. The number of nitrogens with one attached hydrogen (secondary N) is 1. The molecule has 0 radical (unpaired) electrons. The van der Waals surface area contributed by atoms with Gasteiger partial charge in [-0.1, -0.05) is 6.07 Å². The first-order chi connectivity index (χ1) is 15.7. The molecule has 0 unspecified atom stereocenters. The third-order valence-electron chi connectivity index (χ3n) is 6.98. The van der Waals surface area contributed by atoms with Crippen LogP contribution in [-0.2, 0) is 10.0 Å². The molecule has 1 aromatic carbocycles. The highest BCUT2D eigenvalue weighted by Gasteiger charge is 2.45. The Labute approximate surface area is 191 Å². The molecule has 1 saturated carbocycles. The number of alkyl halides is 2. The average Bonchev–Trinajstić information content (AvgIpc) is 3.44. The lowest BCUT2D eigenvalue weighted by Gasteiger charge is -2.33. The van der Waals surface area contributed by atoms with Crippen LogP contribution in [0.1, 0.15) is 42.5 Å². The second kappa shape index (κ2) is 8.02. The Balaban J connectivity index is 1.33. The number of halogens is 2. The normalized spacial score (nSPS) is 21.8. The van der Waals surface area contributed by atoms with Gasteiger partial charge in [-0.25, -0.2) is 22.2 Å². The standard InChI is InChI=1S/C23H26F2N4O3S/c24-23(25)10-14-29(16-23)33(31,32)18-4-1-3-17(15-18)27-21(30)19-5-2-11-26-20(19)28-12-8-22(6-7-22)9-13-28/h1-5,11,15H,6-10,12-14,16H2,(H,27,30). The van der Waals surface area contributed by atoms with Crippen molar-refractivity contribution in [3.05, 3.63) is 48.2 Å². The van der Waals surface area contributed by atoms with Crippen molar-refractivity contribution in [2.45, 2.75) is 42.9 Å². The fourth-order valence-corrected chi connectivity index (χ4v) is 6.20. The zero-order valence-electron chi connectivity index (χ0n) is 18.1. The maximum Gasteiger partial charge on any atom is 0.262 e. The van der Waals surface area contributed by atoms with Gasteiger partial charge in [-0.15, -0.1) is 0 Å². The van der Waals surface area contributed by atoms with Gasteiger partial charge in [0, 0.05) is 37.9 Å². The molecule has 7 nitrogen and oxygen atoms in total. The Hall–Kier alpha value is -2.59. The van der Waals surface area contributed by atoms with Crippen LogP contribution in [0.4, 0.5) is 20.3 Å². The molecule has 3 aliphatic rings. The largest absolute Gasteiger partial charge is 0.356 e. The summed E-state index contributed by atoms with van der Waals surface area (Å²) in [6.45, 7) is 0.640. The van der Waals surface area contributed by atoms with E-state index in [2.05, 4.69) is 15.2 Å². The van der Waals surface area contributed by atoms with E-state index >= 15 is 0 Å². The van der Waals surface area contributed by atoms with Crippen LogP contribution in [0.2, 0.25) is 0 Å². The average molecular weight is 477 g/mol. The molecule has 3 heterocycles. The van der Waals surface area contributed by atoms with Gasteiger partial charge in [0.25, 0.3) is 11.8 Å². The van der Waals surface area contributed by atoms with E-state index in [0.29, 0.717) is 16.8 Å². The lowest BCUT2D eigenvalue weighted by atomic mass is 9.93. The summed E-state index contributed by atoms with van der Waals surface area (Å²) in [5.74, 6) is -2.80. The molecule has 2 aliphatic heterocycles. The maximum absolute atomic E-state index is 13.5. The first-order valence-electron chi connectivity index (χ1n) is 11.2. The minimum atomic E-state index is -4.08. The molecule has 2 saturated heterocycles. The number of benzene rings is 1. The fourth-order valence-electron chi connectivity index (χ4n) is 4.69. The van der Waals surface area contributed by atoms with Crippen LogP contribution in [0.3, 0.4) is 0 Å². The van der Waals surface area contributed by atoms with Gasteiger partial charge in [-0.3, -0.25) is 4.79 Å². The second-order valence-corrected chi connectivity index (χ2v) is 11.2. The van der Waals surface area contributed by atoms with Crippen LogP contribution >= 0.6 is 0 Å². The molecule has 1 N–H and O–H groups in total. The van der Waals surface area contributed by atoms with Crippen molar-refractivity contribution in [3.63, 3.8) is 0 Å². The fraction of sp³-hybridized carbons (Fsp3) is 0.478. The van der Waals surface area contributed by atoms with Gasteiger partial charge in [-0.05, 0) is 61.4 Å². The number of carbonyl (C=O) groups excluding carboxylic acids is 1. The van der Waals surface area contributed by atoms with Crippen LogP contribution < -0.4 is 10.2 Å². The topological polar surface area (TPSA) is 82.6 Å². The predicted octanol–water partition coefficient (Wildman–Crippen LogP) is 3.74. The van der Waals surface area contributed by atoms with Crippen molar-refractivity contribution >= 4 is 27.4 Å². The SMILES string of the molecule is O=C(Nc1cccc(S(=O)(=O)N2CCC(F)(F)C2)c1)c1cccnc1N1CCC2(CC1)CC2. The van der Waals surface area contributed by atoms with E-state index in [1.165, 1.54) is 31.0 Å². The zero-order valence-corrected chi connectivity index (χ0v) is 19.0. The maximum atomic E-state index is 13.5. The van der Waals surface area contributed by atoms with E-state index in [0.717, 1.165) is 30.2 Å². The van der Waals surface area contributed by atoms with E-state index in [4.69, 9.17) is 0 Å². The molecule has 1 spiro atoms. The van der Waals surface area contributed by atoms with Crippen molar-refractivity contribution in [1.29, 1.82) is 0 Å². The van der Waals surface area contributed by atoms with Crippen LogP contribution in [0, 0.1) is 5.41 Å². The minimum Gasteiger partial charge on any atom is -0.356 e. The Bertz CT molecular complexity index is 1170. The molecule has 0 atom stereocenters. The Kier molecular flexibility index (Phi) is 5.40. The molecule has 1 aromatic heterocycles. The van der Waals surface area contributed by atoms with Crippen molar-refractivity contribution in [1.82, 2.24) is 9.29 Å². The molecule has 1 aliphatic carbocycles. The molecule has 3 fully saturated rings. The van der Waals surface area contributed by atoms with Crippen LogP contribution in [0.5, 0.6) is 0 Å². The van der Waals surface area contributed by atoms with E-state index in [9.17, 15) is 22.0 Å². The summed E-state index contributed by atoms with van der Waals surface area (Å²) in [6.07, 6.45) is 5.92. The van der Waals surface area contributed by atoms with Gasteiger partial charge in [0.2, 0.25) is 10.0 Å². The molecule has 1 amide bonds. The highest BCUT2D eigenvalue weighted by atomic mass is 32.2. The summed E-state index contributed by atoms with van der Waals surface area (Å²) < 4.78 is 53.5. The molecule has 5 rings (SSSR count). The van der Waals surface area contributed by atoms with Crippen molar-refractivity contribution < 1.29 is 22.0 Å². The summed E-state index contributed by atoms with van der Waals surface area (Å²) in [5.41, 5.74) is 1.19. The lowest BCUT2D eigenvalue weighted by molar-refractivity contribution is 0.0183. The highest BCUT2D eigenvalue weighted by Crippen LogP contribution is 2.53. The van der Waals surface area contributed by atoms with Gasteiger partial charge in [0.05, 0.1) is 17.0 Å². The van der Waals surface area contributed by atoms with Gasteiger partial charge >= 0.3 is 0 Å². The molecule has 0 bridgehead atoms. The highest BCUT2D eigenvalue weighted by molar-refractivity contribution is 7.89. The number of amides is 1. The van der Waals surface area contributed by atoms with E-state index in [1.807, 2.05) is 0 Å². The van der Waals surface area contributed by atoms with Crippen molar-refractivity contribution in [2.75, 3.05) is 36.4 Å². The molecule has 176 valence electrons. The smallest absolute Gasteiger partial charge is 0.262 e. The van der Waals surface area contributed by atoms with Gasteiger partial charge < -0.3 is 10.2 Å². The molecule has 2 aromatic rings. The number of carbonyl (C=O) groups is 1. The van der Waals surface area contributed by atoms with Crippen LogP contribution in [0.15, 0.2) is 47.5 Å². The third-order valence-corrected chi connectivity index (χ3v) is 8.82. The Morgan fingerprint density at radius 2 is 1.76 bits per heavy atom. The number of hydrogen-bond donors (Lipinski definition) is 1. The summed E-state index contributed by atoms with van der Waals surface area (Å²) in [7, 11) is -4.08. The number of hydrogen-bond acceptors (Lipinski definition) is 5. The number of rotatable bonds is 5. The third kappa shape index (κ3) is 4.46. The molecule has 33 heavy (non-hydrogen) atoms. The lowest BCUT2D eigenvalue weighted by Crippen LogP contribution is -2.36. The second-order valence-electron chi connectivity index (χ2n) is 9.29. The number of nitrogens with zero attached hydrogens (tertiary/aromatic N) is 3. The summed E-state index contributed by atoms with van der Waals surface area (Å²) in [6, 6.07) is 9.10. The van der Waals surface area contributed by atoms with Gasteiger partial charge in [0.1, 0.15) is 5.82 Å². The number of anilines is 2. The molecule has 10 heteroatoms. The molecular weight excluding hydrogens is 450 g/mol.